The third-order valence-corrected chi connectivity index (χ3v) is 5.12. The number of benzene rings is 1. The zero-order valence-corrected chi connectivity index (χ0v) is 15.7. The smallest absolute Gasteiger partial charge is 0.354 e. The van der Waals surface area contributed by atoms with Gasteiger partial charge >= 0.3 is 5.69 Å². The van der Waals surface area contributed by atoms with E-state index in [0.29, 0.717) is 0 Å². The van der Waals surface area contributed by atoms with Crippen molar-refractivity contribution >= 4 is 28.9 Å². The Morgan fingerprint density at radius 2 is 1.85 bits per heavy atom. The molecule has 10 heteroatoms. The summed E-state index contributed by atoms with van der Waals surface area (Å²) in [5.74, 6) is -2.16. The number of carbonyl (C=O) groups is 2. The molecule has 9 nitrogen and oxygen atoms in total. The minimum atomic E-state index is -1.66. The predicted octanol–water partition coefficient (Wildman–Crippen LogP) is 2.72. The van der Waals surface area contributed by atoms with Crippen molar-refractivity contribution in [3.05, 3.63) is 32.5 Å². The second-order valence-corrected chi connectivity index (χ2v) is 6.52. The number of rotatable bonds is 4. The van der Waals surface area contributed by atoms with Gasteiger partial charge in [0.25, 0.3) is 0 Å². The Hall–Kier alpha value is -2.81. The molecule has 1 aliphatic heterocycles. The Bertz CT molecular complexity index is 909. The number of nitro groups is 1. The van der Waals surface area contributed by atoms with Gasteiger partial charge in [-0.3, -0.25) is 19.7 Å². The summed E-state index contributed by atoms with van der Waals surface area (Å²) >= 11 is 6.28. The van der Waals surface area contributed by atoms with Gasteiger partial charge in [-0.15, -0.1) is 0 Å². The Morgan fingerprint density at radius 1 is 1.22 bits per heavy atom. The van der Waals surface area contributed by atoms with Gasteiger partial charge in [-0.1, -0.05) is 18.5 Å². The van der Waals surface area contributed by atoms with E-state index in [1.807, 2.05) is 0 Å². The molecule has 1 aromatic carbocycles. The zero-order valence-electron chi connectivity index (χ0n) is 15.0. The number of methoxy groups -OCH3 is 3. The molecule has 0 saturated heterocycles. The van der Waals surface area contributed by atoms with Crippen molar-refractivity contribution < 1.29 is 33.5 Å². The lowest BCUT2D eigenvalue weighted by Gasteiger charge is -2.36. The highest BCUT2D eigenvalue weighted by Crippen LogP contribution is 2.58. The van der Waals surface area contributed by atoms with E-state index in [1.54, 1.807) is 6.92 Å². The lowest BCUT2D eigenvalue weighted by Crippen LogP contribution is -2.51. The molecule has 2 aliphatic rings. The number of nitro benzene ring substituents is 1. The summed E-state index contributed by atoms with van der Waals surface area (Å²) in [7, 11) is 3.70. The highest BCUT2D eigenvalue weighted by Gasteiger charge is 2.61. The Balaban J connectivity index is 2.36. The van der Waals surface area contributed by atoms with Gasteiger partial charge in [0.15, 0.2) is 17.3 Å². The number of hydrogen-bond acceptors (Lipinski definition) is 8. The molecular weight excluding hydrogens is 382 g/mol. The van der Waals surface area contributed by atoms with Crippen LogP contribution in [0.1, 0.15) is 23.7 Å². The van der Waals surface area contributed by atoms with Crippen LogP contribution < -0.4 is 14.2 Å². The van der Waals surface area contributed by atoms with E-state index >= 15 is 0 Å². The largest absolute Gasteiger partial charge is 0.496 e. The van der Waals surface area contributed by atoms with Crippen LogP contribution >= 0.6 is 11.6 Å². The van der Waals surface area contributed by atoms with E-state index in [4.69, 9.17) is 30.5 Å². The first kappa shape index (κ1) is 19.0. The molecular formula is C17H16ClNO8. The number of fused-ring (bicyclic) bond motifs is 1. The number of hydrogen-bond donors (Lipinski definition) is 0. The maximum absolute atomic E-state index is 13.4. The summed E-state index contributed by atoms with van der Waals surface area (Å²) in [4.78, 5) is 36.1. The molecule has 0 N–H and O–H groups in total. The summed E-state index contributed by atoms with van der Waals surface area (Å²) in [5, 5.41) is 11.3. The van der Waals surface area contributed by atoms with Gasteiger partial charge in [-0.05, 0) is 0 Å². The molecule has 144 valence electrons. The fraction of sp³-hybridized carbons (Fsp3) is 0.412. The minimum absolute atomic E-state index is 0.00666. The number of carbonyl (C=O) groups excluding carboxylic acids is 2. The molecule has 0 aromatic heterocycles. The van der Waals surface area contributed by atoms with E-state index in [-0.39, 0.29) is 45.8 Å². The van der Waals surface area contributed by atoms with E-state index < -0.39 is 27.9 Å². The van der Waals surface area contributed by atoms with Crippen LogP contribution in [0.4, 0.5) is 5.69 Å². The van der Waals surface area contributed by atoms with Gasteiger partial charge in [-0.2, -0.15) is 0 Å². The van der Waals surface area contributed by atoms with E-state index in [2.05, 4.69) is 0 Å². The first-order chi connectivity index (χ1) is 12.7. The molecule has 0 fully saturated rings. The molecule has 27 heavy (non-hydrogen) atoms. The molecule has 0 radical (unpaired) electrons. The van der Waals surface area contributed by atoms with Crippen LogP contribution in [-0.2, 0) is 9.53 Å². The molecule has 1 heterocycles. The van der Waals surface area contributed by atoms with Crippen LogP contribution in [0, 0.1) is 16.0 Å². The number of nitrogens with zero attached hydrogens (tertiary/aromatic N) is 1. The van der Waals surface area contributed by atoms with E-state index in [9.17, 15) is 19.7 Å². The first-order valence-corrected chi connectivity index (χ1v) is 8.26. The first-order valence-electron chi connectivity index (χ1n) is 7.89. The Labute approximate surface area is 158 Å². The van der Waals surface area contributed by atoms with Crippen molar-refractivity contribution in [3.8, 4) is 17.2 Å². The van der Waals surface area contributed by atoms with Gasteiger partial charge in [0, 0.05) is 18.4 Å². The molecule has 1 aromatic rings. The van der Waals surface area contributed by atoms with Crippen molar-refractivity contribution in [1.29, 1.82) is 0 Å². The molecule has 0 saturated carbocycles. The van der Waals surface area contributed by atoms with Crippen LogP contribution in [0.5, 0.6) is 17.2 Å². The monoisotopic (exact) mass is 397 g/mol. The topological polar surface area (TPSA) is 114 Å². The predicted molar refractivity (Wildman–Crippen MR) is 92.8 cm³/mol. The fourth-order valence-corrected chi connectivity index (χ4v) is 3.88. The van der Waals surface area contributed by atoms with Crippen molar-refractivity contribution in [2.45, 2.75) is 18.9 Å². The lowest BCUT2D eigenvalue weighted by molar-refractivity contribution is -0.386. The quantitative estimate of drug-likeness (QED) is 0.562. The molecule has 0 bridgehead atoms. The van der Waals surface area contributed by atoms with E-state index in [1.165, 1.54) is 27.4 Å². The van der Waals surface area contributed by atoms with Crippen LogP contribution in [0.15, 0.2) is 11.8 Å². The molecule has 2 atom stereocenters. The molecule has 1 spiro atoms. The molecule has 3 rings (SSSR count). The van der Waals surface area contributed by atoms with Crippen molar-refractivity contribution in [2.75, 3.05) is 21.3 Å². The highest BCUT2D eigenvalue weighted by atomic mass is 35.5. The van der Waals surface area contributed by atoms with Gasteiger partial charge in [-0.25, -0.2) is 0 Å². The van der Waals surface area contributed by atoms with E-state index in [0.717, 1.165) is 0 Å². The number of ketones is 2. The second-order valence-electron chi connectivity index (χ2n) is 6.14. The highest BCUT2D eigenvalue weighted by molar-refractivity contribution is 6.36. The normalized spacial score (nSPS) is 23.6. The molecule has 1 aliphatic carbocycles. The molecule has 0 unspecified atom stereocenters. The zero-order chi connectivity index (χ0) is 20.1. The van der Waals surface area contributed by atoms with Crippen molar-refractivity contribution in [2.24, 2.45) is 5.92 Å². The SMILES string of the molecule is COC1=CC(=O)C[C@H](C)[C@]12Oc1c(Cl)c(OC)c([N+](=O)[O-])c(OC)c1C2=O. The second kappa shape index (κ2) is 6.41. The van der Waals surface area contributed by atoms with Gasteiger partial charge in [0.2, 0.25) is 22.9 Å². The summed E-state index contributed by atoms with van der Waals surface area (Å²) < 4.78 is 21.5. The standard InChI is InChI=1S/C17H16ClNO8/c1-7-5-8(20)6-9(24-2)17(7)16(21)10-13(27-17)11(18)15(26-4)12(19(22)23)14(10)25-3/h6-7H,5H2,1-4H3/t7-,17-/m0/s1. The minimum Gasteiger partial charge on any atom is -0.496 e. The fourth-order valence-electron chi connectivity index (χ4n) is 3.59. The van der Waals surface area contributed by atoms with Crippen LogP contribution in [0.25, 0.3) is 0 Å². The van der Waals surface area contributed by atoms with Crippen LogP contribution in [0.3, 0.4) is 0 Å². The van der Waals surface area contributed by atoms with Crippen molar-refractivity contribution in [3.63, 3.8) is 0 Å². The van der Waals surface area contributed by atoms with Gasteiger partial charge in [0.1, 0.15) is 10.6 Å². The Kier molecular flexibility index (Phi) is 4.51. The number of allylic oxidation sites excluding steroid dienone is 1. The summed E-state index contributed by atoms with van der Waals surface area (Å²) in [6.07, 6.45) is 1.22. The number of Topliss-reactive ketones (excluding diaryl/α,β-unsaturated/α-hetero) is 1. The summed E-state index contributed by atoms with van der Waals surface area (Å²) in [5.41, 5.74) is -2.43. The molecule has 0 amide bonds. The summed E-state index contributed by atoms with van der Waals surface area (Å²) in [6.45, 7) is 1.65. The van der Waals surface area contributed by atoms with Crippen LogP contribution in [0.2, 0.25) is 5.02 Å². The van der Waals surface area contributed by atoms with Gasteiger partial charge < -0.3 is 18.9 Å². The Morgan fingerprint density at radius 3 is 2.37 bits per heavy atom. The lowest BCUT2D eigenvalue weighted by atomic mass is 9.75. The van der Waals surface area contributed by atoms with Crippen molar-refractivity contribution in [1.82, 2.24) is 0 Å². The third kappa shape index (κ3) is 2.38. The third-order valence-electron chi connectivity index (χ3n) is 4.78. The average Bonchev–Trinajstić information content (AvgIpc) is 2.93. The maximum atomic E-state index is 13.4. The summed E-state index contributed by atoms with van der Waals surface area (Å²) in [6, 6.07) is 0. The average molecular weight is 398 g/mol. The van der Waals surface area contributed by atoms with Crippen LogP contribution in [-0.4, -0.2) is 43.4 Å². The number of halogens is 1. The van der Waals surface area contributed by atoms with Gasteiger partial charge in [0.05, 0.1) is 26.3 Å². The number of ether oxygens (including phenoxy) is 4. The maximum Gasteiger partial charge on any atom is 0.354 e.